The summed E-state index contributed by atoms with van der Waals surface area (Å²) < 4.78 is 44.5. The lowest BCUT2D eigenvalue weighted by Gasteiger charge is -2.09. The Morgan fingerprint density at radius 1 is 1.19 bits per heavy atom. The van der Waals surface area contributed by atoms with Gasteiger partial charge >= 0.3 is 0 Å². The number of halogens is 3. The number of aryl methyl sites for hydroxylation is 1. The van der Waals surface area contributed by atoms with E-state index in [1.807, 2.05) is 17.5 Å². The second-order valence-electron chi connectivity index (χ2n) is 5.24. The molecule has 0 bridgehead atoms. The van der Waals surface area contributed by atoms with E-state index in [0.29, 0.717) is 24.6 Å². The molecule has 26 heavy (non-hydrogen) atoms. The predicted octanol–water partition coefficient (Wildman–Crippen LogP) is 3.68. The highest BCUT2D eigenvalue weighted by molar-refractivity contribution is 7.13. The zero-order chi connectivity index (χ0) is 18.5. The zero-order valence-corrected chi connectivity index (χ0v) is 14.1. The SMILES string of the molecule is O=C(CCCc1nc(-c2cccs2)no1)NNc1ccc(F)c(F)c1F. The van der Waals surface area contributed by atoms with Crippen LogP contribution in [0.25, 0.3) is 10.7 Å². The number of thiophene rings is 1. The van der Waals surface area contributed by atoms with Crippen molar-refractivity contribution in [1.82, 2.24) is 15.6 Å². The molecule has 1 aromatic carbocycles. The topological polar surface area (TPSA) is 80.0 Å². The summed E-state index contributed by atoms with van der Waals surface area (Å²) in [6.45, 7) is 0. The van der Waals surface area contributed by atoms with E-state index in [1.165, 1.54) is 11.3 Å². The van der Waals surface area contributed by atoms with Crippen molar-refractivity contribution in [3.63, 3.8) is 0 Å². The number of nitrogens with one attached hydrogen (secondary N) is 2. The van der Waals surface area contributed by atoms with Crippen LogP contribution in [0.2, 0.25) is 0 Å². The molecule has 1 amide bonds. The van der Waals surface area contributed by atoms with Crippen LogP contribution in [0.5, 0.6) is 0 Å². The number of carbonyl (C=O) groups is 1. The van der Waals surface area contributed by atoms with Gasteiger partial charge in [-0.25, -0.2) is 13.2 Å². The third-order valence-corrected chi connectivity index (χ3v) is 4.24. The Morgan fingerprint density at radius 2 is 2.04 bits per heavy atom. The Labute approximate surface area is 150 Å². The van der Waals surface area contributed by atoms with Crippen molar-refractivity contribution in [2.75, 3.05) is 5.43 Å². The van der Waals surface area contributed by atoms with E-state index in [0.717, 1.165) is 17.0 Å². The van der Waals surface area contributed by atoms with Crippen LogP contribution in [-0.4, -0.2) is 16.0 Å². The second-order valence-corrected chi connectivity index (χ2v) is 6.19. The number of aromatic nitrogens is 2. The Balaban J connectivity index is 1.44. The molecule has 0 spiro atoms. The predicted molar refractivity (Wildman–Crippen MR) is 88.6 cm³/mol. The zero-order valence-electron chi connectivity index (χ0n) is 13.3. The average Bonchev–Trinajstić information content (AvgIpc) is 3.30. The van der Waals surface area contributed by atoms with Crippen LogP contribution in [0.4, 0.5) is 18.9 Å². The summed E-state index contributed by atoms with van der Waals surface area (Å²) in [6, 6.07) is 5.49. The molecular formula is C16H13F3N4O2S. The van der Waals surface area contributed by atoms with E-state index in [9.17, 15) is 18.0 Å². The van der Waals surface area contributed by atoms with Crippen molar-refractivity contribution in [3.05, 3.63) is 53.0 Å². The number of nitrogens with zero attached hydrogens (tertiary/aromatic N) is 2. The number of hydrazine groups is 1. The Kier molecular flexibility index (Phi) is 5.52. The van der Waals surface area contributed by atoms with Crippen LogP contribution in [0.1, 0.15) is 18.7 Å². The highest BCUT2D eigenvalue weighted by atomic mass is 32.1. The first-order chi connectivity index (χ1) is 12.5. The molecule has 10 heteroatoms. The van der Waals surface area contributed by atoms with Crippen LogP contribution >= 0.6 is 11.3 Å². The van der Waals surface area contributed by atoms with Crippen LogP contribution in [0.3, 0.4) is 0 Å². The molecule has 0 aliphatic heterocycles. The molecule has 2 aromatic heterocycles. The summed E-state index contributed by atoms with van der Waals surface area (Å²) in [4.78, 5) is 16.8. The molecular weight excluding hydrogens is 369 g/mol. The molecule has 0 aliphatic carbocycles. The number of anilines is 1. The molecule has 136 valence electrons. The number of amides is 1. The van der Waals surface area contributed by atoms with Crippen molar-refractivity contribution in [1.29, 1.82) is 0 Å². The molecule has 0 aliphatic rings. The van der Waals surface area contributed by atoms with E-state index < -0.39 is 23.4 Å². The van der Waals surface area contributed by atoms with Gasteiger partial charge in [0.1, 0.15) is 0 Å². The third-order valence-electron chi connectivity index (χ3n) is 3.38. The highest BCUT2D eigenvalue weighted by Crippen LogP contribution is 2.21. The summed E-state index contributed by atoms with van der Waals surface area (Å²) in [5.74, 6) is -3.87. The van der Waals surface area contributed by atoms with Crippen molar-refractivity contribution in [2.45, 2.75) is 19.3 Å². The van der Waals surface area contributed by atoms with Gasteiger partial charge in [0, 0.05) is 12.8 Å². The molecule has 0 radical (unpaired) electrons. The largest absolute Gasteiger partial charge is 0.339 e. The Hall–Kier alpha value is -2.88. The van der Waals surface area contributed by atoms with Crippen LogP contribution in [0.15, 0.2) is 34.2 Å². The summed E-state index contributed by atoms with van der Waals surface area (Å²) in [5.41, 5.74) is 4.07. The van der Waals surface area contributed by atoms with Gasteiger partial charge in [0.2, 0.25) is 17.6 Å². The van der Waals surface area contributed by atoms with Crippen molar-refractivity contribution in [2.24, 2.45) is 0 Å². The quantitative estimate of drug-likeness (QED) is 0.481. The maximum absolute atomic E-state index is 13.4. The molecule has 0 fully saturated rings. The third kappa shape index (κ3) is 4.20. The molecule has 0 atom stereocenters. The van der Waals surface area contributed by atoms with Gasteiger partial charge in [-0.1, -0.05) is 11.2 Å². The first-order valence-corrected chi connectivity index (χ1v) is 8.47. The summed E-state index contributed by atoms with van der Waals surface area (Å²) in [6.07, 6.45) is 0.903. The number of carbonyl (C=O) groups excluding carboxylic acids is 1. The molecule has 2 heterocycles. The number of benzene rings is 1. The van der Waals surface area contributed by atoms with Gasteiger partial charge in [-0.15, -0.1) is 11.3 Å². The van der Waals surface area contributed by atoms with E-state index in [2.05, 4.69) is 21.0 Å². The number of hydrogen-bond donors (Lipinski definition) is 2. The molecule has 3 rings (SSSR count). The van der Waals surface area contributed by atoms with Gasteiger partial charge < -0.3 is 4.52 Å². The summed E-state index contributed by atoms with van der Waals surface area (Å²) in [7, 11) is 0. The molecule has 3 aromatic rings. The number of rotatable bonds is 7. The van der Waals surface area contributed by atoms with E-state index in [-0.39, 0.29) is 12.1 Å². The van der Waals surface area contributed by atoms with Crippen LogP contribution < -0.4 is 10.9 Å². The fourth-order valence-electron chi connectivity index (χ4n) is 2.08. The van der Waals surface area contributed by atoms with E-state index >= 15 is 0 Å². The maximum atomic E-state index is 13.4. The van der Waals surface area contributed by atoms with Gasteiger partial charge in [0.15, 0.2) is 17.5 Å². The maximum Gasteiger partial charge on any atom is 0.238 e. The van der Waals surface area contributed by atoms with Crippen molar-refractivity contribution in [3.8, 4) is 10.7 Å². The number of hydrogen-bond acceptors (Lipinski definition) is 6. The van der Waals surface area contributed by atoms with Gasteiger partial charge in [-0.05, 0) is 30.0 Å². The monoisotopic (exact) mass is 382 g/mol. The minimum Gasteiger partial charge on any atom is -0.339 e. The minimum atomic E-state index is -1.61. The first kappa shape index (κ1) is 17.9. The van der Waals surface area contributed by atoms with Gasteiger partial charge in [-0.2, -0.15) is 4.98 Å². The molecule has 2 N–H and O–H groups in total. The van der Waals surface area contributed by atoms with Crippen LogP contribution in [0, 0.1) is 17.5 Å². The Morgan fingerprint density at radius 3 is 2.81 bits per heavy atom. The normalized spacial score (nSPS) is 10.7. The minimum absolute atomic E-state index is 0.0923. The lowest BCUT2D eigenvalue weighted by molar-refractivity contribution is -0.120. The molecule has 6 nitrogen and oxygen atoms in total. The first-order valence-electron chi connectivity index (χ1n) is 7.59. The van der Waals surface area contributed by atoms with E-state index in [1.54, 1.807) is 0 Å². The summed E-state index contributed by atoms with van der Waals surface area (Å²) >= 11 is 1.49. The lowest BCUT2D eigenvalue weighted by atomic mass is 10.2. The molecule has 0 saturated carbocycles. The lowest BCUT2D eigenvalue weighted by Crippen LogP contribution is -2.29. The fraction of sp³-hybridized carbons (Fsp3) is 0.188. The standard InChI is InChI=1S/C16H13F3N4O2S/c17-9-6-7-10(15(19)14(9)18)21-22-12(24)4-1-5-13-20-16(23-25-13)11-3-2-8-26-11/h2-3,6-8,21H,1,4-5H2,(H,22,24). The van der Waals surface area contributed by atoms with Gasteiger partial charge in [0.05, 0.1) is 10.6 Å². The van der Waals surface area contributed by atoms with Crippen molar-refractivity contribution >= 4 is 22.9 Å². The van der Waals surface area contributed by atoms with Gasteiger partial charge in [-0.3, -0.25) is 15.6 Å². The van der Waals surface area contributed by atoms with Gasteiger partial charge in [0.25, 0.3) is 0 Å². The molecule has 0 unspecified atom stereocenters. The van der Waals surface area contributed by atoms with Crippen molar-refractivity contribution < 1.29 is 22.5 Å². The average molecular weight is 382 g/mol. The summed E-state index contributed by atoms with van der Waals surface area (Å²) in [5, 5.41) is 5.76. The Bertz CT molecular complexity index is 899. The smallest absolute Gasteiger partial charge is 0.238 e. The highest BCUT2D eigenvalue weighted by Gasteiger charge is 2.14. The fourth-order valence-corrected chi connectivity index (χ4v) is 2.73. The molecule has 0 saturated heterocycles. The second kappa shape index (κ2) is 8.00. The van der Waals surface area contributed by atoms with Crippen LogP contribution in [-0.2, 0) is 11.2 Å². The van der Waals surface area contributed by atoms with E-state index in [4.69, 9.17) is 4.52 Å².